The monoisotopic (exact) mass is 349 g/mol. The first-order chi connectivity index (χ1) is 8.89. The van der Waals surface area contributed by atoms with Gasteiger partial charge in [0.25, 0.3) is 0 Å². The fourth-order valence-corrected chi connectivity index (χ4v) is 2.94. The molecule has 1 aromatic carbocycles. The van der Waals surface area contributed by atoms with Gasteiger partial charge in [0.2, 0.25) is 0 Å². The van der Waals surface area contributed by atoms with Crippen LogP contribution in [0.15, 0.2) is 16.6 Å². The molecule has 0 heterocycles. The number of thioether (sulfide) groups is 1. The molecule has 1 rings (SSSR count). The maximum Gasteiger partial charge on any atom is 0.172 e. The van der Waals surface area contributed by atoms with Crippen LogP contribution in [0.3, 0.4) is 0 Å². The van der Waals surface area contributed by atoms with Gasteiger partial charge in [-0.15, -0.1) is 0 Å². The van der Waals surface area contributed by atoms with Crippen LogP contribution in [0.4, 0.5) is 0 Å². The zero-order chi connectivity index (χ0) is 14.5. The van der Waals surface area contributed by atoms with E-state index in [1.807, 2.05) is 19.2 Å². The highest BCUT2D eigenvalue weighted by molar-refractivity contribution is 9.10. The molecular weight excluding hydrogens is 330 g/mol. The molecule has 0 saturated carbocycles. The van der Waals surface area contributed by atoms with Crippen molar-refractivity contribution in [1.29, 1.82) is 0 Å². The summed E-state index contributed by atoms with van der Waals surface area (Å²) in [7, 11) is 1.52. The number of nitrogens with one attached hydrogen (secondary N) is 1. The second kappa shape index (κ2) is 7.38. The molecule has 0 aliphatic heterocycles. The van der Waals surface area contributed by atoms with E-state index in [1.165, 1.54) is 7.11 Å². The SMILES string of the molecule is COc1cc(CNCC(C)(O)CSC)cc(Br)c1O. The molecule has 1 atom stereocenters. The minimum atomic E-state index is -0.725. The minimum absolute atomic E-state index is 0.0978. The standard InChI is InChI=1S/C13H20BrNO3S/c1-13(17,8-19-3)7-15-6-9-4-10(14)12(16)11(5-9)18-2/h4-5,15-17H,6-8H2,1-3H3. The molecule has 0 aliphatic rings. The predicted octanol–water partition coefficient (Wildman–Crippen LogP) is 2.37. The molecule has 0 aromatic heterocycles. The Hall–Kier alpha value is -0.430. The predicted molar refractivity (Wildman–Crippen MR) is 83.1 cm³/mol. The molecule has 1 unspecified atom stereocenters. The van der Waals surface area contributed by atoms with E-state index < -0.39 is 5.60 Å². The maximum absolute atomic E-state index is 10.0. The molecule has 0 saturated heterocycles. The summed E-state index contributed by atoms with van der Waals surface area (Å²) in [6.45, 7) is 2.91. The molecule has 0 bridgehead atoms. The number of ether oxygens (including phenoxy) is 1. The van der Waals surface area contributed by atoms with E-state index in [1.54, 1.807) is 17.8 Å². The van der Waals surface area contributed by atoms with Crippen LogP contribution in [0.2, 0.25) is 0 Å². The van der Waals surface area contributed by atoms with Gasteiger partial charge in [-0.05, 0) is 46.8 Å². The summed E-state index contributed by atoms with van der Waals surface area (Å²) in [5, 5.41) is 22.9. The van der Waals surface area contributed by atoms with Crippen molar-refractivity contribution in [3.63, 3.8) is 0 Å². The number of halogens is 1. The van der Waals surface area contributed by atoms with E-state index in [2.05, 4.69) is 21.2 Å². The number of benzene rings is 1. The Morgan fingerprint density at radius 2 is 2.16 bits per heavy atom. The van der Waals surface area contributed by atoms with Crippen LogP contribution in [0.25, 0.3) is 0 Å². The topological polar surface area (TPSA) is 61.7 Å². The van der Waals surface area contributed by atoms with Crippen LogP contribution in [0.5, 0.6) is 11.5 Å². The third-order valence-corrected chi connectivity index (χ3v) is 4.11. The zero-order valence-corrected chi connectivity index (χ0v) is 13.8. The third-order valence-electron chi connectivity index (χ3n) is 2.60. The van der Waals surface area contributed by atoms with Crippen molar-refractivity contribution in [2.75, 3.05) is 25.7 Å². The van der Waals surface area contributed by atoms with E-state index in [0.29, 0.717) is 29.1 Å². The third kappa shape index (κ3) is 5.22. The quantitative estimate of drug-likeness (QED) is 0.705. The Kier molecular flexibility index (Phi) is 6.46. The lowest BCUT2D eigenvalue weighted by Gasteiger charge is -2.22. The number of phenolic OH excluding ortho intramolecular Hbond substituents is 1. The molecule has 0 radical (unpaired) electrons. The molecule has 0 aliphatic carbocycles. The summed E-state index contributed by atoms with van der Waals surface area (Å²) >= 11 is 4.90. The fourth-order valence-electron chi connectivity index (χ4n) is 1.72. The van der Waals surface area contributed by atoms with Crippen molar-refractivity contribution in [1.82, 2.24) is 5.32 Å². The molecular formula is C13H20BrNO3S. The number of rotatable bonds is 7. The largest absolute Gasteiger partial charge is 0.503 e. The lowest BCUT2D eigenvalue weighted by Crippen LogP contribution is -2.39. The molecule has 3 N–H and O–H groups in total. The molecule has 0 amide bonds. The summed E-state index contributed by atoms with van der Waals surface area (Å²) in [5.74, 6) is 1.21. The Bertz CT molecular complexity index is 427. The smallest absolute Gasteiger partial charge is 0.172 e. The maximum atomic E-state index is 10.0. The fraction of sp³-hybridized carbons (Fsp3) is 0.538. The van der Waals surface area contributed by atoms with Crippen LogP contribution in [-0.4, -0.2) is 41.5 Å². The molecule has 6 heteroatoms. The Morgan fingerprint density at radius 1 is 1.47 bits per heavy atom. The summed E-state index contributed by atoms with van der Waals surface area (Å²) < 4.78 is 5.69. The molecule has 4 nitrogen and oxygen atoms in total. The van der Waals surface area contributed by atoms with Gasteiger partial charge in [0.1, 0.15) is 0 Å². The number of aliphatic hydroxyl groups is 1. The first kappa shape index (κ1) is 16.6. The van der Waals surface area contributed by atoms with E-state index in [0.717, 1.165) is 5.56 Å². The lowest BCUT2D eigenvalue weighted by atomic mass is 10.1. The van der Waals surface area contributed by atoms with Gasteiger partial charge in [-0.25, -0.2) is 0 Å². The lowest BCUT2D eigenvalue weighted by molar-refractivity contribution is 0.0846. The normalized spacial score (nSPS) is 14.2. The Labute approximate surface area is 126 Å². The van der Waals surface area contributed by atoms with Crippen LogP contribution in [0.1, 0.15) is 12.5 Å². The van der Waals surface area contributed by atoms with Gasteiger partial charge in [-0.1, -0.05) is 0 Å². The van der Waals surface area contributed by atoms with Gasteiger partial charge in [-0.2, -0.15) is 11.8 Å². The number of hydrogen-bond donors (Lipinski definition) is 3. The summed E-state index contributed by atoms with van der Waals surface area (Å²) in [4.78, 5) is 0. The van der Waals surface area contributed by atoms with Gasteiger partial charge in [-0.3, -0.25) is 0 Å². The number of phenols is 1. The molecule has 0 spiro atoms. The first-order valence-electron chi connectivity index (χ1n) is 5.87. The zero-order valence-electron chi connectivity index (χ0n) is 11.4. The van der Waals surface area contributed by atoms with Crippen molar-refractivity contribution in [3.05, 3.63) is 22.2 Å². The van der Waals surface area contributed by atoms with Crippen molar-refractivity contribution >= 4 is 27.7 Å². The molecule has 19 heavy (non-hydrogen) atoms. The first-order valence-corrected chi connectivity index (χ1v) is 8.05. The minimum Gasteiger partial charge on any atom is -0.503 e. The average Bonchev–Trinajstić information content (AvgIpc) is 2.33. The van der Waals surface area contributed by atoms with Gasteiger partial charge >= 0.3 is 0 Å². The number of aromatic hydroxyl groups is 1. The summed E-state index contributed by atoms with van der Waals surface area (Å²) in [6.07, 6.45) is 1.97. The van der Waals surface area contributed by atoms with Gasteiger partial charge in [0, 0.05) is 18.8 Å². The highest BCUT2D eigenvalue weighted by Crippen LogP contribution is 2.35. The number of methoxy groups -OCH3 is 1. The van der Waals surface area contributed by atoms with Crippen molar-refractivity contribution in [3.8, 4) is 11.5 Å². The Balaban J connectivity index is 2.61. The van der Waals surface area contributed by atoms with Crippen LogP contribution in [0, 0.1) is 0 Å². The highest BCUT2D eigenvalue weighted by atomic mass is 79.9. The highest BCUT2D eigenvalue weighted by Gasteiger charge is 2.18. The second-order valence-corrected chi connectivity index (χ2v) is 6.38. The van der Waals surface area contributed by atoms with Crippen molar-refractivity contribution < 1.29 is 14.9 Å². The summed E-state index contributed by atoms with van der Waals surface area (Å²) in [6, 6.07) is 3.60. The average molecular weight is 350 g/mol. The Morgan fingerprint density at radius 3 is 2.74 bits per heavy atom. The molecule has 0 fully saturated rings. The van der Waals surface area contributed by atoms with E-state index in [9.17, 15) is 10.2 Å². The van der Waals surface area contributed by atoms with E-state index in [-0.39, 0.29) is 5.75 Å². The second-order valence-electron chi connectivity index (χ2n) is 4.66. The van der Waals surface area contributed by atoms with Crippen LogP contribution >= 0.6 is 27.7 Å². The van der Waals surface area contributed by atoms with Gasteiger partial charge in [0.15, 0.2) is 11.5 Å². The van der Waals surface area contributed by atoms with Crippen molar-refractivity contribution in [2.45, 2.75) is 19.1 Å². The van der Waals surface area contributed by atoms with Crippen molar-refractivity contribution in [2.24, 2.45) is 0 Å². The van der Waals surface area contributed by atoms with E-state index in [4.69, 9.17) is 4.74 Å². The number of hydrogen-bond acceptors (Lipinski definition) is 5. The van der Waals surface area contributed by atoms with Gasteiger partial charge in [0.05, 0.1) is 17.2 Å². The van der Waals surface area contributed by atoms with Crippen LogP contribution < -0.4 is 10.1 Å². The molecule has 1 aromatic rings. The van der Waals surface area contributed by atoms with E-state index >= 15 is 0 Å². The molecule has 108 valence electrons. The summed E-state index contributed by atoms with van der Waals surface area (Å²) in [5.41, 5.74) is 0.249. The van der Waals surface area contributed by atoms with Crippen LogP contribution in [-0.2, 0) is 6.54 Å². The van der Waals surface area contributed by atoms with Gasteiger partial charge < -0.3 is 20.3 Å².